The summed E-state index contributed by atoms with van der Waals surface area (Å²) in [6, 6.07) is 0. The molecule has 1 aromatic rings. The van der Waals surface area contributed by atoms with Gasteiger partial charge in [0.1, 0.15) is 11.4 Å². The molecule has 0 spiro atoms. The van der Waals surface area contributed by atoms with Crippen molar-refractivity contribution in [3.8, 4) is 0 Å². The summed E-state index contributed by atoms with van der Waals surface area (Å²) < 4.78 is 6.18. The maximum absolute atomic E-state index is 6.18. The van der Waals surface area contributed by atoms with E-state index in [9.17, 15) is 0 Å². The van der Waals surface area contributed by atoms with Crippen molar-refractivity contribution in [2.24, 2.45) is 0 Å². The smallest absolute Gasteiger partial charge is 0.162 e. The first kappa shape index (κ1) is 16.2. The molecule has 1 fully saturated rings. The molecule has 1 aromatic heterocycles. The van der Waals surface area contributed by atoms with Gasteiger partial charge in [-0.3, -0.25) is 0 Å². The molecule has 1 saturated carbocycles. The fourth-order valence-electron chi connectivity index (χ4n) is 3.28. The summed E-state index contributed by atoms with van der Waals surface area (Å²) in [6.45, 7) is 10.0. The van der Waals surface area contributed by atoms with E-state index < -0.39 is 0 Å². The molecular weight excluding hydrogens is 262 g/mol. The van der Waals surface area contributed by atoms with E-state index in [2.05, 4.69) is 33.0 Å². The number of anilines is 1. The van der Waals surface area contributed by atoms with Crippen LogP contribution in [-0.2, 0) is 16.8 Å². The highest BCUT2D eigenvalue weighted by Crippen LogP contribution is 2.39. The van der Waals surface area contributed by atoms with Crippen LogP contribution in [0.1, 0.15) is 70.0 Å². The van der Waals surface area contributed by atoms with E-state index in [0.717, 1.165) is 49.8 Å². The van der Waals surface area contributed by atoms with Crippen LogP contribution in [0.15, 0.2) is 0 Å². The lowest BCUT2D eigenvalue weighted by Gasteiger charge is -2.36. The number of ether oxygens (including phenoxy) is 1. The Morgan fingerprint density at radius 1 is 1.10 bits per heavy atom. The van der Waals surface area contributed by atoms with Crippen molar-refractivity contribution in [3.63, 3.8) is 0 Å². The lowest BCUT2D eigenvalue weighted by Crippen LogP contribution is -2.35. The van der Waals surface area contributed by atoms with E-state index in [4.69, 9.17) is 14.7 Å². The van der Waals surface area contributed by atoms with Crippen LogP contribution in [0.5, 0.6) is 0 Å². The predicted octanol–water partition coefficient (Wildman–Crippen LogP) is 3.98. The monoisotopic (exact) mass is 291 g/mol. The molecule has 0 bridgehead atoms. The lowest BCUT2D eigenvalue weighted by molar-refractivity contribution is -0.0767. The molecule has 4 nitrogen and oxygen atoms in total. The molecule has 0 aliphatic heterocycles. The second-order valence-corrected chi connectivity index (χ2v) is 5.84. The Balaban J connectivity index is 2.46. The first-order valence-electron chi connectivity index (χ1n) is 8.42. The topological polar surface area (TPSA) is 47.0 Å². The van der Waals surface area contributed by atoms with E-state index in [1.807, 2.05) is 0 Å². The van der Waals surface area contributed by atoms with E-state index in [1.54, 1.807) is 0 Å². The SMILES string of the molecule is CCNc1nc(C2(OCC)CCCCC2)nc(CC)c1C. The summed E-state index contributed by atoms with van der Waals surface area (Å²) in [5.74, 6) is 1.87. The van der Waals surface area contributed by atoms with Gasteiger partial charge < -0.3 is 10.1 Å². The first-order chi connectivity index (χ1) is 10.2. The van der Waals surface area contributed by atoms with Gasteiger partial charge >= 0.3 is 0 Å². The summed E-state index contributed by atoms with van der Waals surface area (Å²) in [5.41, 5.74) is 2.04. The highest BCUT2D eigenvalue weighted by atomic mass is 16.5. The standard InChI is InChI=1S/C17H29N3O/c1-5-14-13(4)15(18-6-2)20-16(19-14)17(21-7-3)11-9-8-10-12-17/h5-12H2,1-4H3,(H,18,19,20). The molecule has 1 aliphatic rings. The Morgan fingerprint density at radius 3 is 2.38 bits per heavy atom. The van der Waals surface area contributed by atoms with Crippen LogP contribution in [0.3, 0.4) is 0 Å². The zero-order valence-corrected chi connectivity index (χ0v) is 14.0. The molecule has 4 heteroatoms. The van der Waals surface area contributed by atoms with Crippen LogP contribution in [0, 0.1) is 6.92 Å². The molecule has 1 aliphatic carbocycles. The maximum Gasteiger partial charge on any atom is 0.162 e. The van der Waals surface area contributed by atoms with Gasteiger partial charge in [0, 0.05) is 24.4 Å². The minimum absolute atomic E-state index is 0.269. The number of aromatic nitrogens is 2. The molecule has 0 aromatic carbocycles. The third-order valence-corrected chi connectivity index (χ3v) is 4.42. The third kappa shape index (κ3) is 3.37. The van der Waals surface area contributed by atoms with Crippen molar-refractivity contribution in [1.29, 1.82) is 0 Å². The Hall–Kier alpha value is -1.16. The number of rotatable bonds is 6. The van der Waals surface area contributed by atoms with Crippen LogP contribution in [0.4, 0.5) is 5.82 Å². The molecule has 1 heterocycles. The second kappa shape index (κ2) is 7.21. The van der Waals surface area contributed by atoms with Crippen LogP contribution in [-0.4, -0.2) is 23.1 Å². The van der Waals surface area contributed by atoms with Gasteiger partial charge in [-0.1, -0.05) is 26.2 Å². The highest BCUT2D eigenvalue weighted by molar-refractivity contribution is 5.46. The zero-order chi connectivity index (χ0) is 15.3. The van der Waals surface area contributed by atoms with Crippen LogP contribution < -0.4 is 5.32 Å². The van der Waals surface area contributed by atoms with Crippen LogP contribution in [0.2, 0.25) is 0 Å². The normalized spacial score (nSPS) is 17.7. The minimum atomic E-state index is -0.269. The fourth-order valence-corrected chi connectivity index (χ4v) is 3.28. The molecule has 0 amide bonds. The van der Waals surface area contributed by atoms with Crippen molar-refractivity contribution < 1.29 is 4.74 Å². The van der Waals surface area contributed by atoms with Crippen molar-refractivity contribution >= 4 is 5.82 Å². The Kier molecular flexibility index (Phi) is 5.57. The van der Waals surface area contributed by atoms with Gasteiger partial charge in [-0.25, -0.2) is 9.97 Å². The van der Waals surface area contributed by atoms with Crippen LogP contribution in [0.25, 0.3) is 0 Å². The van der Waals surface area contributed by atoms with Gasteiger partial charge in [0.15, 0.2) is 5.82 Å². The molecule has 0 radical (unpaired) electrons. The Morgan fingerprint density at radius 2 is 1.81 bits per heavy atom. The van der Waals surface area contributed by atoms with Gasteiger partial charge in [-0.05, 0) is 40.0 Å². The van der Waals surface area contributed by atoms with Gasteiger partial charge in [0.05, 0.1) is 0 Å². The maximum atomic E-state index is 6.18. The van der Waals surface area contributed by atoms with Crippen molar-refractivity contribution in [2.45, 2.75) is 71.8 Å². The molecule has 1 N–H and O–H groups in total. The van der Waals surface area contributed by atoms with Gasteiger partial charge in [-0.2, -0.15) is 0 Å². The van der Waals surface area contributed by atoms with Gasteiger partial charge in [-0.15, -0.1) is 0 Å². The van der Waals surface area contributed by atoms with E-state index in [1.165, 1.54) is 24.8 Å². The van der Waals surface area contributed by atoms with E-state index in [-0.39, 0.29) is 5.60 Å². The number of hydrogen-bond donors (Lipinski definition) is 1. The largest absolute Gasteiger partial charge is 0.370 e. The zero-order valence-electron chi connectivity index (χ0n) is 14.0. The van der Waals surface area contributed by atoms with Crippen molar-refractivity contribution in [2.75, 3.05) is 18.5 Å². The predicted molar refractivity (Wildman–Crippen MR) is 86.7 cm³/mol. The van der Waals surface area contributed by atoms with Crippen molar-refractivity contribution in [1.82, 2.24) is 9.97 Å². The molecule has 0 unspecified atom stereocenters. The number of hydrogen-bond acceptors (Lipinski definition) is 4. The molecule has 0 atom stereocenters. The molecule has 2 rings (SSSR count). The van der Waals surface area contributed by atoms with Crippen LogP contribution >= 0.6 is 0 Å². The number of nitrogens with zero attached hydrogens (tertiary/aromatic N) is 2. The van der Waals surface area contributed by atoms with Crippen molar-refractivity contribution in [3.05, 3.63) is 17.1 Å². The average Bonchev–Trinajstić information content (AvgIpc) is 2.50. The third-order valence-electron chi connectivity index (χ3n) is 4.42. The second-order valence-electron chi connectivity index (χ2n) is 5.84. The molecule has 118 valence electrons. The van der Waals surface area contributed by atoms with E-state index in [0.29, 0.717) is 0 Å². The molecular formula is C17H29N3O. The first-order valence-corrected chi connectivity index (χ1v) is 8.42. The summed E-state index contributed by atoms with van der Waals surface area (Å²) >= 11 is 0. The highest BCUT2D eigenvalue weighted by Gasteiger charge is 2.38. The Labute approximate surface area is 128 Å². The Bertz CT molecular complexity index is 462. The van der Waals surface area contributed by atoms with E-state index >= 15 is 0 Å². The lowest BCUT2D eigenvalue weighted by atomic mass is 9.83. The summed E-state index contributed by atoms with van der Waals surface area (Å²) in [6.07, 6.45) is 6.71. The minimum Gasteiger partial charge on any atom is -0.370 e. The van der Waals surface area contributed by atoms with Gasteiger partial charge in [0.25, 0.3) is 0 Å². The fraction of sp³-hybridized carbons (Fsp3) is 0.765. The summed E-state index contributed by atoms with van der Waals surface area (Å²) in [4.78, 5) is 9.71. The molecule has 0 saturated heterocycles. The summed E-state index contributed by atoms with van der Waals surface area (Å²) in [7, 11) is 0. The number of aryl methyl sites for hydroxylation is 1. The quantitative estimate of drug-likeness (QED) is 0.861. The summed E-state index contributed by atoms with van der Waals surface area (Å²) in [5, 5.41) is 3.38. The van der Waals surface area contributed by atoms with Gasteiger partial charge in [0.2, 0.25) is 0 Å². The molecule has 21 heavy (non-hydrogen) atoms. The number of nitrogens with one attached hydrogen (secondary N) is 1. The average molecular weight is 291 g/mol.